The average molecular weight is 418 g/mol. The topological polar surface area (TPSA) is 108 Å². The molecule has 0 aliphatic rings. The Kier molecular flexibility index (Phi) is 6.87. The van der Waals surface area contributed by atoms with Crippen LogP contribution in [0.2, 0.25) is 5.02 Å². The number of carbonyl (C=O) groups excluding carboxylic acids is 3. The third kappa shape index (κ3) is 5.96. The molecule has 2 rings (SSSR count). The quantitative estimate of drug-likeness (QED) is 0.573. The van der Waals surface area contributed by atoms with Crippen LogP contribution in [0.15, 0.2) is 42.5 Å². The molecule has 7 nitrogen and oxygen atoms in total. The number of hydrogen-bond acceptors (Lipinski definition) is 4. The molecule has 1 atom stereocenters. The van der Waals surface area contributed by atoms with Crippen LogP contribution in [0, 0.1) is 0 Å². The summed E-state index contributed by atoms with van der Waals surface area (Å²) in [5.74, 6) is -2.05. The van der Waals surface area contributed by atoms with Gasteiger partial charge in [-0.1, -0.05) is 44.5 Å². The number of amides is 3. The number of halogens is 1. The van der Waals surface area contributed by atoms with Gasteiger partial charge in [-0.05, 0) is 48.2 Å². The molecule has 0 aliphatic heterocycles. The van der Waals surface area contributed by atoms with Crippen LogP contribution in [-0.4, -0.2) is 28.9 Å². The van der Waals surface area contributed by atoms with E-state index in [1.165, 1.54) is 25.1 Å². The van der Waals surface area contributed by atoms with Crippen molar-refractivity contribution >= 4 is 29.3 Å². The fourth-order valence-corrected chi connectivity index (χ4v) is 2.62. The lowest BCUT2D eigenvalue weighted by atomic mass is 9.86. The third-order valence-electron chi connectivity index (χ3n) is 4.26. The zero-order valence-electron chi connectivity index (χ0n) is 16.7. The maximum Gasteiger partial charge on any atom is 0.273 e. The molecule has 154 valence electrons. The zero-order valence-corrected chi connectivity index (χ0v) is 17.4. The van der Waals surface area contributed by atoms with Crippen molar-refractivity contribution in [3.05, 3.63) is 64.2 Å². The van der Waals surface area contributed by atoms with Gasteiger partial charge < -0.3 is 10.4 Å². The minimum absolute atomic E-state index is 0.0300. The first-order valence-electron chi connectivity index (χ1n) is 8.99. The molecule has 2 aromatic carbocycles. The van der Waals surface area contributed by atoms with E-state index in [9.17, 15) is 19.5 Å². The Balaban J connectivity index is 1.92. The minimum Gasteiger partial charge on any atom is -0.507 e. The smallest absolute Gasteiger partial charge is 0.273 e. The minimum atomic E-state index is -0.905. The van der Waals surface area contributed by atoms with Gasteiger partial charge in [0.05, 0.1) is 5.56 Å². The summed E-state index contributed by atoms with van der Waals surface area (Å²) in [6.07, 6.45) is 0. The predicted molar refractivity (Wildman–Crippen MR) is 111 cm³/mol. The molecule has 0 bridgehead atoms. The summed E-state index contributed by atoms with van der Waals surface area (Å²) >= 11 is 5.80. The second kappa shape index (κ2) is 8.96. The van der Waals surface area contributed by atoms with Crippen LogP contribution >= 0.6 is 11.6 Å². The highest BCUT2D eigenvalue weighted by atomic mass is 35.5. The van der Waals surface area contributed by atoms with E-state index in [4.69, 9.17) is 11.6 Å². The Morgan fingerprint density at radius 1 is 0.966 bits per heavy atom. The maximum absolute atomic E-state index is 12.3. The van der Waals surface area contributed by atoms with Crippen LogP contribution < -0.4 is 16.2 Å². The molecule has 0 saturated carbocycles. The van der Waals surface area contributed by atoms with Crippen molar-refractivity contribution in [1.82, 2.24) is 16.2 Å². The Labute approximate surface area is 174 Å². The lowest BCUT2D eigenvalue weighted by Gasteiger charge is -2.19. The van der Waals surface area contributed by atoms with Gasteiger partial charge in [0.1, 0.15) is 11.8 Å². The first-order chi connectivity index (χ1) is 13.5. The van der Waals surface area contributed by atoms with Gasteiger partial charge in [-0.2, -0.15) is 0 Å². The van der Waals surface area contributed by atoms with E-state index in [0.717, 1.165) is 5.56 Å². The number of hydrazine groups is 1. The van der Waals surface area contributed by atoms with Crippen LogP contribution in [0.25, 0.3) is 0 Å². The molecule has 4 N–H and O–H groups in total. The van der Waals surface area contributed by atoms with Crippen molar-refractivity contribution in [3.63, 3.8) is 0 Å². The van der Waals surface area contributed by atoms with Crippen LogP contribution in [0.1, 0.15) is 54.0 Å². The molecule has 8 heteroatoms. The Hall–Kier alpha value is -3.06. The van der Waals surface area contributed by atoms with Gasteiger partial charge in [-0.25, -0.2) is 0 Å². The number of nitrogens with one attached hydrogen (secondary N) is 3. The van der Waals surface area contributed by atoms with Crippen molar-refractivity contribution in [2.45, 2.75) is 39.2 Å². The Bertz CT molecular complexity index is 921. The lowest BCUT2D eigenvalue weighted by Crippen LogP contribution is -2.51. The lowest BCUT2D eigenvalue weighted by molar-refractivity contribution is -0.123. The summed E-state index contributed by atoms with van der Waals surface area (Å²) in [5.41, 5.74) is 5.77. The van der Waals surface area contributed by atoms with E-state index < -0.39 is 23.8 Å². The Morgan fingerprint density at radius 2 is 1.59 bits per heavy atom. The number of phenols is 1. The first kappa shape index (κ1) is 22.2. The van der Waals surface area contributed by atoms with Crippen LogP contribution in [0.3, 0.4) is 0 Å². The van der Waals surface area contributed by atoms with Gasteiger partial charge in [0, 0.05) is 10.6 Å². The number of carbonyl (C=O) groups is 3. The highest BCUT2D eigenvalue weighted by Gasteiger charge is 2.19. The summed E-state index contributed by atoms with van der Waals surface area (Å²) in [5, 5.41) is 12.5. The molecule has 3 amide bonds. The van der Waals surface area contributed by atoms with Crippen LogP contribution in [0.5, 0.6) is 5.75 Å². The second-order valence-corrected chi connectivity index (χ2v) is 8.06. The molecule has 0 fully saturated rings. The van der Waals surface area contributed by atoms with Crippen LogP contribution in [0.4, 0.5) is 0 Å². The van der Waals surface area contributed by atoms with Gasteiger partial charge in [0.25, 0.3) is 17.7 Å². The average Bonchev–Trinajstić information content (AvgIpc) is 2.66. The molecular formula is C21H24ClN3O4. The number of benzene rings is 2. The molecule has 2 aromatic rings. The van der Waals surface area contributed by atoms with E-state index >= 15 is 0 Å². The third-order valence-corrected chi connectivity index (χ3v) is 4.49. The van der Waals surface area contributed by atoms with E-state index in [1.807, 2.05) is 12.1 Å². The fourth-order valence-electron chi connectivity index (χ4n) is 2.45. The summed E-state index contributed by atoms with van der Waals surface area (Å²) in [4.78, 5) is 36.6. The summed E-state index contributed by atoms with van der Waals surface area (Å²) < 4.78 is 0. The van der Waals surface area contributed by atoms with Crippen molar-refractivity contribution in [3.8, 4) is 5.75 Å². The number of phenolic OH excluding ortho intramolecular Hbond substituents is 1. The van der Waals surface area contributed by atoms with Crippen molar-refractivity contribution in [1.29, 1.82) is 0 Å². The molecule has 0 heterocycles. The van der Waals surface area contributed by atoms with Gasteiger partial charge in [0.2, 0.25) is 0 Å². The highest BCUT2D eigenvalue weighted by molar-refractivity contribution is 6.31. The maximum atomic E-state index is 12.3. The van der Waals surface area contributed by atoms with E-state index in [-0.39, 0.29) is 21.8 Å². The monoisotopic (exact) mass is 417 g/mol. The summed E-state index contributed by atoms with van der Waals surface area (Å²) in [6.45, 7) is 7.71. The van der Waals surface area contributed by atoms with Gasteiger partial charge in [-0.3, -0.25) is 25.2 Å². The SMILES string of the molecule is C[C@H](NC(=O)c1ccc(C(C)(C)C)cc1)C(=O)NNC(=O)c1cc(Cl)ccc1O. The van der Waals surface area contributed by atoms with Crippen molar-refractivity contribution in [2.75, 3.05) is 0 Å². The molecule has 0 radical (unpaired) electrons. The fraction of sp³-hybridized carbons (Fsp3) is 0.286. The summed E-state index contributed by atoms with van der Waals surface area (Å²) in [7, 11) is 0. The second-order valence-electron chi connectivity index (χ2n) is 7.63. The van der Waals surface area contributed by atoms with E-state index in [1.54, 1.807) is 12.1 Å². The molecule has 0 aromatic heterocycles. The van der Waals surface area contributed by atoms with Gasteiger partial charge in [-0.15, -0.1) is 0 Å². The molecular weight excluding hydrogens is 394 g/mol. The molecule has 0 aliphatic carbocycles. The number of rotatable bonds is 4. The molecule has 0 saturated heterocycles. The van der Waals surface area contributed by atoms with Crippen molar-refractivity contribution < 1.29 is 19.5 Å². The predicted octanol–water partition coefficient (Wildman–Crippen LogP) is 2.92. The van der Waals surface area contributed by atoms with Gasteiger partial charge >= 0.3 is 0 Å². The highest BCUT2D eigenvalue weighted by Crippen LogP contribution is 2.22. The molecule has 0 spiro atoms. The molecule has 29 heavy (non-hydrogen) atoms. The standard InChI is InChI=1S/C21H24ClN3O4/c1-12(23-19(28)13-5-7-14(8-6-13)21(2,3)4)18(27)24-25-20(29)16-11-15(22)9-10-17(16)26/h5-12,26H,1-4H3,(H,23,28)(H,24,27)(H,25,29)/t12-/m0/s1. The van der Waals surface area contributed by atoms with E-state index in [0.29, 0.717) is 5.56 Å². The normalized spacial score (nSPS) is 12.0. The first-order valence-corrected chi connectivity index (χ1v) is 9.37. The van der Waals surface area contributed by atoms with Gasteiger partial charge in [0.15, 0.2) is 0 Å². The molecule has 0 unspecified atom stereocenters. The Morgan fingerprint density at radius 3 is 2.17 bits per heavy atom. The van der Waals surface area contributed by atoms with E-state index in [2.05, 4.69) is 36.9 Å². The summed E-state index contributed by atoms with van der Waals surface area (Å²) in [6, 6.07) is 10.2. The number of hydrogen-bond donors (Lipinski definition) is 4. The van der Waals surface area contributed by atoms with Crippen molar-refractivity contribution in [2.24, 2.45) is 0 Å². The number of aromatic hydroxyl groups is 1. The zero-order chi connectivity index (χ0) is 21.8. The largest absolute Gasteiger partial charge is 0.507 e. The van der Waals surface area contributed by atoms with Crippen LogP contribution in [-0.2, 0) is 10.2 Å².